The number of nitrogens with zero attached hydrogens (tertiary/aromatic N) is 1. The summed E-state index contributed by atoms with van der Waals surface area (Å²) in [6, 6.07) is 0. The third-order valence-corrected chi connectivity index (χ3v) is 4.36. The van der Waals surface area contributed by atoms with E-state index in [1.165, 1.54) is 0 Å². The molecular weight excluding hydrogens is 283 g/mol. The number of nitrogens with one attached hydrogen (secondary N) is 1. The molecule has 0 spiro atoms. The molecule has 21 heavy (non-hydrogen) atoms. The van der Waals surface area contributed by atoms with Crippen LogP contribution in [0.3, 0.4) is 0 Å². The van der Waals surface area contributed by atoms with E-state index < -0.39 is 18.0 Å². The first-order valence-electron chi connectivity index (χ1n) is 7.69. The van der Waals surface area contributed by atoms with Crippen LogP contribution in [0.1, 0.15) is 38.5 Å². The van der Waals surface area contributed by atoms with Gasteiger partial charge in [0.1, 0.15) is 0 Å². The topological polar surface area (TPSA) is 59.6 Å². The minimum atomic E-state index is -4.12. The van der Waals surface area contributed by atoms with Crippen molar-refractivity contribution in [2.24, 2.45) is 22.6 Å². The predicted octanol–water partition coefficient (Wildman–Crippen LogP) is 2.44. The third-order valence-electron chi connectivity index (χ3n) is 4.36. The Hall–Kier alpha value is -0.980. The highest BCUT2D eigenvalue weighted by molar-refractivity contribution is 5.77. The number of ether oxygens (including phenoxy) is 1. The van der Waals surface area contributed by atoms with Gasteiger partial charge in [0, 0.05) is 19.7 Å². The molecule has 0 aromatic heterocycles. The fourth-order valence-electron chi connectivity index (χ4n) is 3.15. The number of halogens is 3. The van der Waals surface area contributed by atoms with Gasteiger partial charge >= 0.3 is 6.18 Å². The molecule has 0 radical (unpaired) electrons. The molecule has 0 aromatic carbocycles. The van der Waals surface area contributed by atoms with Crippen LogP contribution in [0, 0.1) is 11.8 Å². The van der Waals surface area contributed by atoms with Crippen LogP contribution in [-0.2, 0) is 4.74 Å². The van der Waals surface area contributed by atoms with Crippen LogP contribution in [0.4, 0.5) is 13.2 Å². The number of alkyl halides is 3. The number of aliphatic imine (C=N–C) groups is 1. The fourth-order valence-corrected chi connectivity index (χ4v) is 3.15. The molecule has 1 heterocycles. The minimum absolute atomic E-state index is 0.136. The Labute approximate surface area is 123 Å². The van der Waals surface area contributed by atoms with Crippen LogP contribution in [-0.4, -0.2) is 37.9 Å². The maximum Gasteiger partial charge on any atom is 0.392 e. The number of guanidine groups is 1. The molecule has 2 fully saturated rings. The van der Waals surface area contributed by atoms with Crippen molar-refractivity contribution in [1.29, 1.82) is 0 Å². The summed E-state index contributed by atoms with van der Waals surface area (Å²) in [6.07, 6.45) is 0.321. The molecule has 3 N–H and O–H groups in total. The van der Waals surface area contributed by atoms with Crippen molar-refractivity contribution in [2.45, 2.75) is 50.8 Å². The molecule has 1 saturated carbocycles. The van der Waals surface area contributed by atoms with Crippen LogP contribution in [0.25, 0.3) is 0 Å². The van der Waals surface area contributed by atoms with Crippen LogP contribution in [0.5, 0.6) is 0 Å². The molecule has 1 aliphatic heterocycles. The van der Waals surface area contributed by atoms with Crippen molar-refractivity contribution in [3.8, 4) is 0 Å². The van der Waals surface area contributed by atoms with E-state index in [0.717, 1.165) is 25.9 Å². The highest BCUT2D eigenvalue weighted by atomic mass is 19.4. The monoisotopic (exact) mass is 307 g/mol. The van der Waals surface area contributed by atoms with Gasteiger partial charge in [-0.15, -0.1) is 0 Å². The SMILES string of the molecule is NC(=NC[C@H]1CCCC[C@H]1C(F)(F)F)NCC1CCCO1. The summed E-state index contributed by atoms with van der Waals surface area (Å²) < 4.78 is 44.3. The van der Waals surface area contributed by atoms with E-state index >= 15 is 0 Å². The standard InChI is InChI=1S/C14H24F3N3O/c15-14(16,17)12-6-2-1-4-10(12)8-19-13(18)20-9-11-5-3-7-21-11/h10-12H,1-9H2,(H3,18,19,20)/t10-,11?,12-/m1/s1. The van der Waals surface area contributed by atoms with Gasteiger partial charge in [-0.1, -0.05) is 12.8 Å². The zero-order valence-corrected chi connectivity index (χ0v) is 12.2. The molecule has 7 heteroatoms. The van der Waals surface area contributed by atoms with Crippen molar-refractivity contribution < 1.29 is 17.9 Å². The summed E-state index contributed by atoms with van der Waals surface area (Å²) in [6.45, 7) is 1.48. The van der Waals surface area contributed by atoms with Gasteiger partial charge in [-0.05, 0) is 31.6 Å². The maximum absolute atomic E-state index is 13.0. The molecule has 3 atom stereocenters. The van der Waals surface area contributed by atoms with Gasteiger partial charge in [-0.2, -0.15) is 13.2 Å². The fraction of sp³-hybridized carbons (Fsp3) is 0.929. The largest absolute Gasteiger partial charge is 0.392 e. The molecule has 1 saturated heterocycles. The lowest BCUT2D eigenvalue weighted by Crippen LogP contribution is -2.39. The molecule has 0 aromatic rings. The van der Waals surface area contributed by atoms with E-state index in [1.54, 1.807) is 0 Å². The third kappa shape index (κ3) is 5.05. The number of rotatable bonds is 4. The second-order valence-corrected chi connectivity index (χ2v) is 5.93. The van der Waals surface area contributed by atoms with E-state index in [2.05, 4.69) is 10.3 Å². The van der Waals surface area contributed by atoms with E-state index in [4.69, 9.17) is 10.5 Å². The molecule has 0 amide bonds. The second kappa shape index (κ2) is 7.33. The van der Waals surface area contributed by atoms with Gasteiger partial charge in [0.25, 0.3) is 0 Å². The van der Waals surface area contributed by atoms with E-state index in [0.29, 0.717) is 19.4 Å². The molecule has 1 aliphatic carbocycles. The average Bonchev–Trinajstić information content (AvgIpc) is 2.95. The summed E-state index contributed by atoms with van der Waals surface area (Å²) in [5, 5.41) is 2.94. The molecule has 1 unspecified atom stereocenters. The summed E-state index contributed by atoms with van der Waals surface area (Å²) >= 11 is 0. The highest BCUT2D eigenvalue weighted by Crippen LogP contribution is 2.41. The van der Waals surface area contributed by atoms with Crippen molar-refractivity contribution in [2.75, 3.05) is 19.7 Å². The zero-order chi connectivity index (χ0) is 15.3. The van der Waals surface area contributed by atoms with Gasteiger partial charge in [-0.3, -0.25) is 4.99 Å². The highest BCUT2D eigenvalue weighted by Gasteiger charge is 2.45. The molecule has 2 aliphatic rings. The maximum atomic E-state index is 13.0. The van der Waals surface area contributed by atoms with E-state index in [1.807, 2.05) is 0 Å². The van der Waals surface area contributed by atoms with Crippen LogP contribution < -0.4 is 11.1 Å². The summed E-state index contributed by atoms with van der Waals surface area (Å²) in [4.78, 5) is 4.10. The van der Waals surface area contributed by atoms with Crippen molar-refractivity contribution in [1.82, 2.24) is 5.32 Å². The smallest absolute Gasteiger partial charge is 0.376 e. The number of hydrogen-bond acceptors (Lipinski definition) is 2. The number of hydrogen-bond donors (Lipinski definition) is 2. The van der Waals surface area contributed by atoms with Crippen molar-refractivity contribution in [3.63, 3.8) is 0 Å². The minimum Gasteiger partial charge on any atom is -0.376 e. The Balaban J connectivity index is 1.79. The number of nitrogens with two attached hydrogens (primary N) is 1. The summed E-state index contributed by atoms with van der Waals surface area (Å²) in [5.41, 5.74) is 5.73. The molecule has 0 bridgehead atoms. The first kappa shape index (κ1) is 16.4. The lowest BCUT2D eigenvalue weighted by atomic mass is 9.79. The second-order valence-electron chi connectivity index (χ2n) is 5.93. The lowest BCUT2D eigenvalue weighted by Gasteiger charge is -2.32. The van der Waals surface area contributed by atoms with E-state index in [-0.39, 0.29) is 25.0 Å². The molecule has 4 nitrogen and oxygen atoms in total. The summed E-state index contributed by atoms with van der Waals surface area (Å²) in [5.74, 6) is -1.46. The summed E-state index contributed by atoms with van der Waals surface area (Å²) in [7, 11) is 0. The van der Waals surface area contributed by atoms with Crippen molar-refractivity contribution in [3.05, 3.63) is 0 Å². The normalized spacial score (nSPS) is 31.4. The van der Waals surface area contributed by atoms with Gasteiger partial charge in [0.05, 0.1) is 12.0 Å². The Morgan fingerprint density at radius 1 is 1.19 bits per heavy atom. The van der Waals surface area contributed by atoms with Gasteiger partial charge in [-0.25, -0.2) is 0 Å². The molecular formula is C14H24F3N3O. The lowest BCUT2D eigenvalue weighted by molar-refractivity contribution is -0.195. The van der Waals surface area contributed by atoms with Crippen LogP contribution >= 0.6 is 0 Å². The van der Waals surface area contributed by atoms with Crippen LogP contribution in [0.15, 0.2) is 4.99 Å². The van der Waals surface area contributed by atoms with E-state index in [9.17, 15) is 13.2 Å². The Bertz CT molecular complexity index is 354. The predicted molar refractivity (Wildman–Crippen MR) is 75.0 cm³/mol. The first-order valence-corrected chi connectivity index (χ1v) is 7.69. The van der Waals surface area contributed by atoms with Crippen molar-refractivity contribution >= 4 is 5.96 Å². The van der Waals surface area contributed by atoms with Gasteiger partial charge in [0.15, 0.2) is 5.96 Å². The average molecular weight is 307 g/mol. The zero-order valence-electron chi connectivity index (χ0n) is 12.2. The molecule has 122 valence electrons. The van der Waals surface area contributed by atoms with Crippen LogP contribution in [0.2, 0.25) is 0 Å². The first-order chi connectivity index (χ1) is 9.97. The molecule has 2 rings (SSSR count). The quantitative estimate of drug-likeness (QED) is 0.619. The Morgan fingerprint density at radius 3 is 2.62 bits per heavy atom. The Morgan fingerprint density at radius 2 is 1.95 bits per heavy atom. The van der Waals surface area contributed by atoms with Gasteiger partial charge < -0.3 is 15.8 Å². The van der Waals surface area contributed by atoms with Gasteiger partial charge in [0.2, 0.25) is 0 Å². The Kier molecular flexibility index (Phi) is 5.72.